The molecule has 2 aliphatic rings. The zero-order valence-electron chi connectivity index (χ0n) is 24.5. The van der Waals surface area contributed by atoms with Crippen LogP contribution in [0.3, 0.4) is 0 Å². The summed E-state index contributed by atoms with van der Waals surface area (Å²) in [6.07, 6.45) is 5.03. The van der Waals surface area contributed by atoms with Gasteiger partial charge in [0.1, 0.15) is 0 Å². The van der Waals surface area contributed by atoms with E-state index in [1.807, 2.05) is 18.3 Å². The van der Waals surface area contributed by atoms with E-state index >= 15 is 0 Å². The van der Waals surface area contributed by atoms with Gasteiger partial charge in [-0.2, -0.15) is 0 Å². The van der Waals surface area contributed by atoms with Crippen LogP contribution in [-0.4, -0.2) is 44.1 Å². The van der Waals surface area contributed by atoms with Crippen LogP contribution < -0.4 is 9.80 Å². The number of carbonyl (C=O) groups excluding carboxylic acids is 1. The average Bonchev–Trinajstić information content (AvgIpc) is 3.43. The van der Waals surface area contributed by atoms with Crippen LogP contribution in [0.25, 0.3) is 22.4 Å². The van der Waals surface area contributed by atoms with Crippen LogP contribution in [0.1, 0.15) is 36.1 Å². The van der Waals surface area contributed by atoms with E-state index in [4.69, 9.17) is 5.11 Å². The summed E-state index contributed by atoms with van der Waals surface area (Å²) >= 11 is 0. The number of aliphatic hydroxyl groups is 1. The Morgan fingerprint density at radius 2 is 1.46 bits per heavy atom. The van der Waals surface area contributed by atoms with Gasteiger partial charge in [-0.1, -0.05) is 24.3 Å². The predicted octanol–water partition coefficient (Wildman–Crippen LogP) is 6.78. The standard InChI is InChI=1S/C30H28N3.C5H8O2.Ir/c1-32(2)23-10-12-25-26-13-11-24(33(3)4)17-28(26)30(27(25)16-23)18-21-9-8-20(15-22(21)19-30)29-7-5-6-14-31-29;1-4(6)3-5(2)7;/h5-7,9-17H,18-19H2,1-4H3;3,6H,1-2H3;/q-1;;/b;4-3-;. The summed E-state index contributed by atoms with van der Waals surface area (Å²) < 4.78 is 0. The molecule has 6 heteroatoms. The van der Waals surface area contributed by atoms with Gasteiger partial charge in [0.15, 0.2) is 5.78 Å². The molecule has 1 heterocycles. The summed E-state index contributed by atoms with van der Waals surface area (Å²) in [4.78, 5) is 19.0. The third kappa shape index (κ3) is 5.86. The first-order chi connectivity index (χ1) is 19.1. The largest absolute Gasteiger partial charge is 0.512 e. The van der Waals surface area contributed by atoms with Crippen molar-refractivity contribution in [3.05, 3.63) is 113 Å². The number of benzene rings is 3. The zero-order valence-corrected chi connectivity index (χ0v) is 26.8. The molecule has 0 saturated heterocycles. The number of allylic oxidation sites excluding steroid dienone is 2. The molecule has 0 unspecified atom stereocenters. The van der Waals surface area contributed by atoms with Crippen molar-refractivity contribution < 1.29 is 30.0 Å². The molecule has 1 radical (unpaired) electrons. The Balaban J connectivity index is 0.000000434. The first-order valence-electron chi connectivity index (χ1n) is 13.6. The molecule has 3 aromatic carbocycles. The summed E-state index contributed by atoms with van der Waals surface area (Å²) in [5.41, 5.74) is 13.0. The maximum Gasteiger partial charge on any atom is 0.155 e. The molecule has 0 amide bonds. The Labute approximate surface area is 256 Å². The van der Waals surface area contributed by atoms with Crippen molar-refractivity contribution in [3.8, 4) is 22.4 Å². The third-order valence-corrected chi connectivity index (χ3v) is 7.83. The maximum atomic E-state index is 10.0. The number of carbonyl (C=O) groups is 1. The van der Waals surface area contributed by atoms with E-state index in [0.717, 1.165) is 24.1 Å². The Kier molecular flexibility index (Phi) is 8.86. The van der Waals surface area contributed by atoms with Crippen LogP contribution in [0.15, 0.2) is 84.8 Å². The second kappa shape index (κ2) is 12.0. The van der Waals surface area contributed by atoms with Crippen LogP contribution in [-0.2, 0) is 43.2 Å². The van der Waals surface area contributed by atoms with E-state index in [2.05, 4.69) is 104 Å². The number of rotatable bonds is 4. The third-order valence-electron chi connectivity index (χ3n) is 7.83. The molecule has 0 saturated carbocycles. The molecule has 1 N–H and O–H groups in total. The van der Waals surface area contributed by atoms with E-state index in [1.54, 1.807) is 0 Å². The number of aromatic nitrogens is 1. The van der Waals surface area contributed by atoms with Crippen LogP contribution in [0, 0.1) is 6.07 Å². The monoisotopic (exact) mass is 723 g/mol. The van der Waals surface area contributed by atoms with Crippen LogP contribution in [0.2, 0.25) is 0 Å². The molecule has 0 fully saturated rings. The molecule has 1 spiro atoms. The normalized spacial score (nSPS) is 13.8. The topological polar surface area (TPSA) is 56.7 Å². The van der Waals surface area contributed by atoms with E-state index in [9.17, 15) is 4.79 Å². The summed E-state index contributed by atoms with van der Waals surface area (Å²) in [5, 5.41) is 8.36. The molecule has 2 aliphatic carbocycles. The van der Waals surface area contributed by atoms with Gasteiger partial charge < -0.3 is 19.9 Å². The number of aliphatic hydroxyl groups excluding tert-OH is 1. The molecule has 41 heavy (non-hydrogen) atoms. The van der Waals surface area contributed by atoms with Crippen molar-refractivity contribution in [1.29, 1.82) is 0 Å². The fourth-order valence-corrected chi connectivity index (χ4v) is 5.98. The zero-order chi connectivity index (χ0) is 28.6. The van der Waals surface area contributed by atoms with Gasteiger partial charge >= 0.3 is 0 Å². The smallest absolute Gasteiger partial charge is 0.155 e. The van der Waals surface area contributed by atoms with E-state index in [1.165, 1.54) is 64.7 Å². The van der Waals surface area contributed by atoms with Gasteiger partial charge in [-0.25, -0.2) is 0 Å². The number of hydrogen-bond donors (Lipinski definition) is 1. The number of fused-ring (bicyclic) bond motifs is 6. The molecular weight excluding hydrogens is 687 g/mol. The average molecular weight is 723 g/mol. The van der Waals surface area contributed by atoms with Crippen molar-refractivity contribution >= 4 is 17.2 Å². The number of hydrogen-bond acceptors (Lipinski definition) is 5. The Bertz CT molecular complexity index is 1550. The summed E-state index contributed by atoms with van der Waals surface area (Å²) in [6.45, 7) is 2.85. The summed E-state index contributed by atoms with van der Waals surface area (Å²) in [5.74, 6) is -0.0625. The van der Waals surface area contributed by atoms with Crippen molar-refractivity contribution in [1.82, 2.24) is 4.98 Å². The van der Waals surface area contributed by atoms with Crippen LogP contribution in [0.5, 0.6) is 0 Å². The van der Waals surface area contributed by atoms with Crippen molar-refractivity contribution in [3.63, 3.8) is 0 Å². The molecule has 213 valence electrons. The number of anilines is 2. The first kappa shape index (κ1) is 30.2. The Morgan fingerprint density at radius 3 is 1.93 bits per heavy atom. The molecule has 4 aromatic rings. The molecule has 6 rings (SSSR count). The molecule has 0 atom stereocenters. The fraction of sp³-hybridized carbons (Fsp3) is 0.257. The number of ketones is 1. The minimum atomic E-state index is -0.125. The summed E-state index contributed by atoms with van der Waals surface area (Å²) in [7, 11) is 8.49. The fourth-order valence-electron chi connectivity index (χ4n) is 5.98. The SMILES string of the molecule is CC(=O)/C=C(/C)O.CN(C)c1ccc2c(c1)C1(Cc3c[c-]c(-c4ccccn4)cc3C1)c1cc(N(C)C)ccc1-2.[Ir]. The second-order valence-electron chi connectivity index (χ2n) is 11.2. The number of pyridine rings is 1. The van der Waals surface area contributed by atoms with Crippen molar-refractivity contribution in [2.75, 3.05) is 38.0 Å². The quantitative estimate of drug-likeness (QED) is 0.143. The van der Waals surface area contributed by atoms with Gasteiger partial charge in [0.05, 0.1) is 5.76 Å². The molecule has 0 aliphatic heterocycles. The van der Waals surface area contributed by atoms with Crippen molar-refractivity contribution in [2.24, 2.45) is 0 Å². The second-order valence-corrected chi connectivity index (χ2v) is 11.2. The van der Waals surface area contributed by atoms with E-state index in [-0.39, 0.29) is 37.1 Å². The van der Waals surface area contributed by atoms with Gasteiger partial charge in [-0.05, 0) is 85.0 Å². The van der Waals surface area contributed by atoms with Crippen molar-refractivity contribution in [2.45, 2.75) is 32.1 Å². The molecule has 5 nitrogen and oxygen atoms in total. The van der Waals surface area contributed by atoms with Crippen LogP contribution in [0.4, 0.5) is 11.4 Å². The molecular formula is C35H36IrN3O2-. The van der Waals surface area contributed by atoms with Gasteiger partial charge in [0, 0.05) is 77.4 Å². The van der Waals surface area contributed by atoms with E-state index in [0.29, 0.717) is 0 Å². The predicted molar refractivity (Wildman–Crippen MR) is 164 cm³/mol. The Hall–Kier alpha value is -3.73. The minimum Gasteiger partial charge on any atom is -0.512 e. The van der Waals surface area contributed by atoms with Gasteiger partial charge in [-0.3, -0.25) is 4.79 Å². The molecule has 1 aromatic heterocycles. The van der Waals surface area contributed by atoms with Gasteiger partial charge in [-0.15, -0.1) is 34.9 Å². The first-order valence-corrected chi connectivity index (χ1v) is 13.6. The maximum absolute atomic E-state index is 10.0. The van der Waals surface area contributed by atoms with Crippen LogP contribution >= 0.6 is 0 Å². The van der Waals surface area contributed by atoms with Gasteiger partial charge in [0.2, 0.25) is 0 Å². The molecule has 0 bridgehead atoms. The van der Waals surface area contributed by atoms with E-state index < -0.39 is 0 Å². The minimum absolute atomic E-state index is 0. The van der Waals surface area contributed by atoms with Gasteiger partial charge in [0.25, 0.3) is 0 Å². The number of nitrogens with zero attached hydrogens (tertiary/aromatic N) is 3. The summed E-state index contributed by atoms with van der Waals surface area (Å²) in [6, 6.07) is 28.1. The Morgan fingerprint density at radius 1 is 0.878 bits per heavy atom.